The molecule has 6 rings (SSSR count). The van der Waals surface area contributed by atoms with Crippen LogP contribution in [-0.2, 0) is 16.8 Å². The number of hydrogen-bond donors (Lipinski definition) is 2. The van der Waals surface area contributed by atoms with Crippen molar-refractivity contribution < 1.29 is 13.9 Å². The van der Waals surface area contributed by atoms with Crippen LogP contribution in [0.25, 0.3) is 11.1 Å². The Bertz CT molecular complexity index is 1160. The molecular formula is C22H22FN7O2. The van der Waals surface area contributed by atoms with E-state index < -0.39 is 11.9 Å². The molecule has 1 amide bonds. The van der Waals surface area contributed by atoms with Crippen molar-refractivity contribution in [1.29, 1.82) is 0 Å². The van der Waals surface area contributed by atoms with Crippen LogP contribution in [0.3, 0.4) is 0 Å². The molecular weight excluding hydrogens is 413 g/mol. The third-order valence-electron chi connectivity index (χ3n) is 6.85. The zero-order valence-electron chi connectivity index (χ0n) is 17.2. The Labute approximate surface area is 183 Å². The predicted octanol–water partition coefficient (Wildman–Crippen LogP) is 1.51. The van der Waals surface area contributed by atoms with Crippen LogP contribution in [0.1, 0.15) is 5.69 Å². The van der Waals surface area contributed by atoms with Gasteiger partial charge in [0.15, 0.2) is 0 Å². The maximum absolute atomic E-state index is 15.0. The van der Waals surface area contributed by atoms with E-state index in [0.717, 1.165) is 18.8 Å². The van der Waals surface area contributed by atoms with Gasteiger partial charge in [-0.15, -0.1) is 5.10 Å². The summed E-state index contributed by atoms with van der Waals surface area (Å²) < 4.78 is 22.0. The van der Waals surface area contributed by atoms with Gasteiger partial charge in [-0.3, -0.25) is 9.88 Å². The van der Waals surface area contributed by atoms with Crippen molar-refractivity contribution in [3.63, 3.8) is 0 Å². The summed E-state index contributed by atoms with van der Waals surface area (Å²) in [4.78, 5) is 18.3. The Morgan fingerprint density at radius 1 is 1.25 bits per heavy atom. The zero-order chi connectivity index (χ0) is 21.9. The first-order chi connectivity index (χ1) is 15.5. The van der Waals surface area contributed by atoms with Crippen molar-refractivity contribution in [3.8, 4) is 11.1 Å². The maximum Gasteiger partial charge on any atom is 0.414 e. The minimum atomic E-state index is -0.508. The van der Waals surface area contributed by atoms with Crippen LogP contribution in [0.2, 0.25) is 0 Å². The molecule has 9 nitrogen and oxygen atoms in total. The van der Waals surface area contributed by atoms with Crippen molar-refractivity contribution in [2.45, 2.75) is 18.2 Å². The third-order valence-corrected chi connectivity index (χ3v) is 6.85. The summed E-state index contributed by atoms with van der Waals surface area (Å²) in [7, 11) is 0. The summed E-state index contributed by atoms with van der Waals surface area (Å²) >= 11 is 0. The number of aromatic nitrogens is 4. The number of nitrogens with zero attached hydrogens (tertiary/aromatic N) is 5. The molecule has 2 saturated heterocycles. The largest absolute Gasteiger partial charge is 0.442 e. The molecule has 4 atom stereocenters. The Hall–Kier alpha value is -3.37. The number of piperidine rings is 1. The average Bonchev–Trinajstić information content (AvgIpc) is 3.36. The zero-order valence-corrected chi connectivity index (χ0v) is 17.2. The minimum absolute atomic E-state index is 0.309. The molecule has 3 N–H and O–H groups in total. The van der Waals surface area contributed by atoms with E-state index in [2.05, 4.69) is 20.6 Å². The van der Waals surface area contributed by atoms with E-state index in [1.807, 2.05) is 12.1 Å². The number of halogens is 1. The fourth-order valence-corrected chi connectivity index (χ4v) is 5.04. The minimum Gasteiger partial charge on any atom is -0.442 e. The van der Waals surface area contributed by atoms with Crippen LogP contribution in [0.15, 0.2) is 48.9 Å². The smallest absolute Gasteiger partial charge is 0.414 e. The molecule has 2 unspecified atom stereocenters. The molecule has 3 aliphatic rings. The van der Waals surface area contributed by atoms with E-state index in [4.69, 9.17) is 10.5 Å². The molecule has 10 heteroatoms. The van der Waals surface area contributed by atoms with Crippen LogP contribution in [0, 0.1) is 17.7 Å². The van der Waals surface area contributed by atoms with E-state index in [1.54, 1.807) is 35.4 Å². The second-order valence-electron chi connectivity index (χ2n) is 8.64. The second kappa shape index (κ2) is 7.07. The first-order valence-electron chi connectivity index (χ1n) is 10.6. The lowest BCUT2D eigenvalue weighted by Crippen LogP contribution is -2.33. The molecule has 0 spiro atoms. The Balaban J connectivity index is 1.19. The van der Waals surface area contributed by atoms with Crippen LogP contribution in [0.4, 0.5) is 14.9 Å². The Morgan fingerprint density at radius 3 is 2.78 bits per heavy atom. The van der Waals surface area contributed by atoms with Gasteiger partial charge in [0.2, 0.25) is 0 Å². The Kier molecular flexibility index (Phi) is 4.27. The van der Waals surface area contributed by atoms with Crippen molar-refractivity contribution in [1.82, 2.24) is 25.3 Å². The van der Waals surface area contributed by atoms with Gasteiger partial charge in [-0.05, 0) is 24.3 Å². The van der Waals surface area contributed by atoms with Gasteiger partial charge in [0, 0.05) is 48.4 Å². The van der Waals surface area contributed by atoms with Gasteiger partial charge < -0.3 is 15.8 Å². The van der Waals surface area contributed by atoms with Crippen molar-refractivity contribution in [3.05, 3.63) is 60.4 Å². The van der Waals surface area contributed by atoms with Gasteiger partial charge in [0.1, 0.15) is 11.9 Å². The van der Waals surface area contributed by atoms with Gasteiger partial charge in [-0.1, -0.05) is 11.3 Å². The number of carbonyl (C=O) groups is 1. The van der Waals surface area contributed by atoms with Crippen molar-refractivity contribution in [2.24, 2.45) is 17.6 Å². The quantitative estimate of drug-likeness (QED) is 0.625. The number of pyridine rings is 1. The maximum atomic E-state index is 15.0. The van der Waals surface area contributed by atoms with Gasteiger partial charge >= 0.3 is 6.09 Å². The van der Waals surface area contributed by atoms with Gasteiger partial charge in [0.05, 0.1) is 36.2 Å². The first kappa shape index (κ1) is 19.3. The average molecular weight is 435 g/mol. The molecule has 0 bridgehead atoms. The highest BCUT2D eigenvalue weighted by Gasteiger charge is 2.65. The van der Waals surface area contributed by atoms with Gasteiger partial charge in [-0.2, -0.15) is 0 Å². The monoisotopic (exact) mass is 435 g/mol. The van der Waals surface area contributed by atoms with Crippen LogP contribution in [0.5, 0.6) is 0 Å². The molecule has 164 valence electrons. The van der Waals surface area contributed by atoms with Crippen molar-refractivity contribution in [2.75, 3.05) is 24.5 Å². The molecule has 4 heterocycles. The first-order valence-corrected chi connectivity index (χ1v) is 10.6. The van der Waals surface area contributed by atoms with Crippen LogP contribution >= 0.6 is 0 Å². The van der Waals surface area contributed by atoms with E-state index in [9.17, 15) is 9.18 Å². The summed E-state index contributed by atoms with van der Waals surface area (Å²) in [6, 6.07) is 8.48. The van der Waals surface area contributed by atoms with E-state index in [-0.39, 0.29) is 11.6 Å². The number of nitrogens with one attached hydrogen (secondary N) is 1. The highest BCUT2D eigenvalue weighted by atomic mass is 19.1. The molecule has 1 saturated carbocycles. The highest BCUT2D eigenvalue weighted by Crippen LogP contribution is 2.57. The fraction of sp³-hybridized carbons (Fsp3) is 0.364. The lowest BCUT2D eigenvalue weighted by atomic mass is 10.0. The van der Waals surface area contributed by atoms with Crippen molar-refractivity contribution >= 4 is 11.8 Å². The SMILES string of the molecule is NC1(c2ccc(-c3ccc(N4C[C@H](Cn5ccnn5)OC4=O)cc3F)cn2)C2CNC[C@H]21. The van der Waals surface area contributed by atoms with Gasteiger partial charge in [-0.25, -0.2) is 13.9 Å². The molecule has 1 aromatic carbocycles. The molecule has 32 heavy (non-hydrogen) atoms. The number of fused-ring (bicyclic) bond motifs is 1. The van der Waals surface area contributed by atoms with E-state index >= 15 is 0 Å². The Morgan fingerprint density at radius 2 is 2.09 bits per heavy atom. The number of carbonyl (C=O) groups excluding carboxylic acids is 1. The molecule has 3 fully saturated rings. The molecule has 2 aromatic heterocycles. The number of ether oxygens (including phenoxy) is 1. The molecule has 2 aliphatic heterocycles. The molecule has 3 aromatic rings. The highest BCUT2D eigenvalue weighted by molar-refractivity contribution is 5.90. The number of rotatable bonds is 5. The topological polar surface area (TPSA) is 111 Å². The van der Waals surface area contributed by atoms with Gasteiger partial charge in [0.25, 0.3) is 0 Å². The number of nitrogens with two attached hydrogens (primary N) is 1. The fourth-order valence-electron chi connectivity index (χ4n) is 5.04. The number of benzene rings is 1. The van der Waals surface area contributed by atoms with E-state index in [1.165, 1.54) is 11.0 Å². The summed E-state index contributed by atoms with van der Waals surface area (Å²) in [6.07, 6.45) is 4.03. The summed E-state index contributed by atoms with van der Waals surface area (Å²) in [6.45, 7) is 2.53. The number of amides is 1. The normalized spacial score (nSPS) is 28.6. The summed E-state index contributed by atoms with van der Waals surface area (Å²) in [5.41, 5.74) is 8.57. The number of anilines is 1. The lowest BCUT2D eigenvalue weighted by Gasteiger charge is -2.16. The van der Waals surface area contributed by atoms with Crippen LogP contribution in [-0.4, -0.2) is 51.8 Å². The lowest BCUT2D eigenvalue weighted by molar-refractivity contribution is 0.129. The third kappa shape index (κ3) is 2.98. The number of hydrogen-bond acceptors (Lipinski definition) is 7. The van der Waals surface area contributed by atoms with Crippen LogP contribution < -0.4 is 16.0 Å². The van der Waals surface area contributed by atoms with E-state index in [0.29, 0.717) is 41.7 Å². The summed E-state index contributed by atoms with van der Waals surface area (Å²) in [5, 5.41) is 11.0. The predicted molar refractivity (Wildman–Crippen MR) is 113 cm³/mol. The summed E-state index contributed by atoms with van der Waals surface area (Å²) in [5.74, 6) is 0.412. The molecule has 0 radical (unpaired) electrons. The number of cyclic esters (lactones) is 1. The standard InChI is InChI=1S/C22H22FN7O2/c23-19-7-14(30-12-15(32-21(30)31)11-29-6-5-27-28-29)2-3-16(19)13-1-4-20(26-8-13)22(24)17-9-25-10-18(17)22/h1-8,15,17-18,25H,9-12,24H2/t15-,17+,18?,22?/m0/s1. The second-order valence-corrected chi connectivity index (χ2v) is 8.64. The molecule has 1 aliphatic carbocycles.